The van der Waals surface area contributed by atoms with Crippen LogP contribution in [-0.4, -0.2) is 34.6 Å². The Morgan fingerprint density at radius 2 is 1.92 bits per heavy atom. The minimum Gasteiger partial charge on any atom is -0.360 e. The molecule has 1 aromatic carbocycles. The number of hydrogen-bond donors (Lipinski definition) is 0. The van der Waals surface area contributed by atoms with Crippen molar-refractivity contribution in [3.8, 4) is 11.5 Å². The molecule has 7 nitrogen and oxygen atoms in total. The molecule has 0 radical (unpaired) electrons. The number of anilines is 2. The first-order valence-corrected chi connectivity index (χ1v) is 8.07. The van der Waals surface area contributed by atoms with Gasteiger partial charge in [-0.25, -0.2) is 0 Å². The summed E-state index contributed by atoms with van der Waals surface area (Å²) in [5.41, 5.74) is 2.53. The number of fused-ring (bicyclic) bond motifs is 1. The van der Waals surface area contributed by atoms with Gasteiger partial charge in [0.1, 0.15) is 5.69 Å². The van der Waals surface area contributed by atoms with Crippen LogP contribution in [0.2, 0.25) is 0 Å². The molecule has 3 heterocycles. The monoisotopic (exact) mass is 335 g/mol. The number of carbonyl (C=O) groups is 1. The summed E-state index contributed by atoms with van der Waals surface area (Å²) in [6.45, 7) is 1.04. The van der Waals surface area contributed by atoms with Crippen molar-refractivity contribution < 1.29 is 9.32 Å². The number of carbonyl (C=O) groups excluding carboxylic acids is 1. The van der Waals surface area contributed by atoms with E-state index in [0.29, 0.717) is 36.9 Å². The fourth-order valence-corrected chi connectivity index (χ4v) is 2.91. The van der Waals surface area contributed by atoms with Gasteiger partial charge in [-0.1, -0.05) is 23.4 Å². The molecule has 0 fully saturated rings. The smallest absolute Gasteiger partial charge is 0.246 e. The number of amides is 1. The molecular weight excluding hydrogens is 318 g/mol. The van der Waals surface area contributed by atoms with Crippen LogP contribution in [0.4, 0.5) is 11.4 Å². The highest BCUT2D eigenvalue weighted by Crippen LogP contribution is 2.32. The van der Waals surface area contributed by atoms with Crippen molar-refractivity contribution in [2.24, 2.45) is 0 Å². The van der Waals surface area contributed by atoms with E-state index in [4.69, 9.17) is 4.52 Å². The zero-order valence-corrected chi connectivity index (χ0v) is 13.8. The van der Waals surface area contributed by atoms with Gasteiger partial charge in [0.25, 0.3) is 0 Å². The van der Waals surface area contributed by atoms with Crippen LogP contribution in [0.15, 0.2) is 53.2 Å². The maximum Gasteiger partial charge on any atom is 0.246 e. The second kappa shape index (κ2) is 6.35. The molecule has 25 heavy (non-hydrogen) atoms. The maximum atomic E-state index is 12.2. The molecule has 126 valence electrons. The van der Waals surface area contributed by atoms with Gasteiger partial charge in [-0.2, -0.15) is 4.98 Å². The van der Waals surface area contributed by atoms with Crippen LogP contribution in [0.1, 0.15) is 12.3 Å². The molecule has 7 heteroatoms. The largest absolute Gasteiger partial charge is 0.360 e. The van der Waals surface area contributed by atoms with Crippen molar-refractivity contribution in [2.45, 2.75) is 13.0 Å². The highest BCUT2D eigenvalue weighted by atomic mass is 16.5. The number of rotatable bonds is 3. The Bertz CT molecular complexity index is 893. The third-order valence-electron chi connectivity index (χ3n) is 4.24. The molecule has 4 rings (SSSR count). The van der Waals surface area contributed by atoms with Gasteiger partial charge < -0.3 is 14.3 Å². The van der Waals surface area contributed by atoms with Crippen LogP contribution in [0.5, 0.6) is 0 Å². The summed E-state index contributed by atoms with van der Waals surface area (Å²) in [5.74, 6) is 1.05. The molecule has 0 aliphatic carbocycles. The van der Waals surface area contributed by atoms with Crippen LogP contribution in [0, 0.1) is 0 Å². The molecule has 0 unspecified atom stereocenters. The minimum absolute atomic E-state index is 0.0923. The Labute approximate surface area is 144 Å². The zero-order chi connectivity index (χ0) is 17.2. The Morgan fingerprint density at radius 1 is 1.12 bits per heavy atom. The third kappa shape index (κ3) is 2.96. The number of hydrogen-bond acceptors (Lipinski definition) is 6. The van der Waals surface area contributed by atoms with Crippen LogP contribution in [-0.2, 0) is 11.3 Å². The van der Waals surface area contributed by atoms with Gasteiger partial charge in [0.05, 0.1) is 17.9 Å². The molecular formula is C18H17N5O2. The Hall–Kier alpha value is -3.22. The molecule has 1 aliphatic heterocycles. The van der Waals surface area contributed by atoms with Gasteiger partial charge in [-0.3, -0.25) is 9.78 Å². The predicted molar refractivity (Wildman–Crippen MR) is 93.0 cm³/mol. The van der Waals surface area contributed by atoms with Crippen molar-refractivity contribution in [3.05, 3.63) is 54.6 Å². The molecule has 1 aliphatic rings. The lowest BCUT2D eigenvalue weighted by Gasteiger charge is -2.23. The van der Waals surface area contributed by atoms with E-state index in [9.17, 15) is 4.79 Å². The summed E-state index contributed by atoms with van der Waals surface area (Å²) in [6.07, 6.45) is 2.13. The molecule has 1 amide bonds. The molecule has 0 atom stereocenters. The van der Waals surface area contributed by atoms with Crippen LogP contribution in [0.3, 0.4) is 0 Å². The predicted octanol–water partition coefficient (Wildman–Crippen LogP) is 2.50. The highest BCUT2D eigenvalue weighted by Gasteiger charge is 2.24. The molecule has 2 aromatic heterocycles. The van der Waals surface area contributed by atoms with Crippen molar-refractivity contribution >= 4 is 17.3 Å². The van der Waals surface area contributed by atoms with Crippen LogP contribution >= 0.6 is 0 Å². The minimum atomic E-state index is 0.0923. The average molecular weight is 335 g/mol. The van der Waals surface area contributed by atoms with E-state index >= 15 is 0 Å². The first-order chi connectivity index (χ1) is 12.2. The number of aromatic nitrogens is 3. The van der Waals surface area contributed by atoms with E-state index in [1.165, 1.54) is 0 Å². The summed E-state index contributed by atoms with van der Waals surface area (Å²) < 4.78 is 5.39. The number of pyridine rings is 1. The highest BCUT2D eigenvalue weighted by molar-refractivity contribution is 5.98. The second-order valence-electron chi connectivity index (χ2n) is 5.84. The lowest BCUT2D eigenvalue weighted by atomic mass is 10.2. The lowest BCUT2D eigenvalue weighted by Crippen LogP contribution is -2.26. The Morgan fingerprint density at radius 3 is 2.72 bits per heavy atom. The molecule has 0 N–H and O–H groups in total. The SMILES string of the molecule is CN1C(=O)CCN(Cc2nc(-c3ccccn3)no2)c2ccccc21. The molecule has 0 bridgehead atoms. The van der Waals surface area contributed by atoms with E-state index in [1.54, 1.807) is 18.1 Å². The third-order valence-corrected chi connectivity index (χ3v) is 4.24. The van der Waals surface area contributed by atoms with Gasteiger partial charge in [-0.15, -0.1) is 0 Å². The van der Waals surface area contributed by atoms with Crippen molar-refractivity contribution in [1.29, 1.82) is 0 Å². The average Bonchev–Trinajstić information content (AvgIpc) is 3.09. The van der Waals surface area contributed by atoms with E-state index in [-0.39, 0.29) is 5.91 Å². The van der Waals surface area contributed by atoms with Gasteiger partial charge in [0, 0.05) is 26.2 Å². The van der Waals surface area contributed by atoms with Crippen molar-refractivity contribution in [2.75, 3.05) is 23.4 Å². The molecule has 3 aromatic rings. The van der Waals surface area contributed by atoms with Gasteiger partial charge >= 0.3 is 0 Å². The van der Waals surface area contributed by atoms with Crippen molar-refractivity contribution in [1.82, 2.24) is 15.1 Å². The van der Waals surface area contributed by atoms with Gasteiger partial charge in [0.2, 0.25) is 17.6 Å². The molecule has 0 saturated heterocycles. The summed E-state index contributed by atoms with van der Waals surface area (Å²) in [4.78, 5) is 24.7. The lowest BCUT2D eigenvalue weighted by molar-refractivity contribution is -0.118. The first kappa shape index (κ1) is 15.3. The van der Waals surface area contributed by atoms with Crippen LogP contribution < -0.4 is 9.80 Å². The number of para-hydroxylation sites is 2. The molecule has 0 spiro atoms. The van der Waals surface area contributed by atoms with E-state index in [0.717, 1.165) is 11.4 Å². The topological polar surface area (TPSA) is 75.4 Å². The number of nitrogens with zero attached hydrogens (tertiary/aromatic N) is 5. The summed E-state index contributed by atoms with van der Waals surface area (Å²) in [6, 6.07) is 13.4. The van der Waals surface area contributed by atoms with Gasteiger partial charge in [-0.05, 0) is 24.3 Å². The first-order valence-electron chi connectivity index (χ1n) is 8.07. The second-order valence-corrected chi connectivity index (χ2v) is 5.84. The van der Waals surface area contributed by atoms with Gasteiger partial charge in [0.15, 0.2) is 0 Å². The normalized spacial score (nSPS) is 14.4. The van der Waals surface area contributed by atoms with E-state index < -0.39 is 0 Å². The summed E-state index contributed by atoms with van der Waals surface area (Å²) in [5, 5.41) is 4.01. The Kier molecular flexibility index (Phi) is 3.89. The Balaban J connectivity index is 1.62. The zero-order valence-electron chi connectivity index (χ0n) is 13.8. The maximum absolute atomic E-state index is 12.2. The molecule has 0 saturated carbocycles. The van der Waals surface area contributed by atoms with Crippen molar-refractivity contribution in [3.63, 3.8) is 0 Å². The van der Waals surface area contributed by atoms with Crippen LogP contribution in [0.25, 0.3) is 11.5 Å². The van der Waals surface area contributed by atoms with E-state index in [2.05, 4.69) is 20.0 Å². The summed E-state index contributed by atoms with van der Waals surface area (Å²) >= 11 is 0. The quantitative estimate of drug-likeness (QED) is 0.732. The summed E-state index contributed by atoms with van der Waals surface area (Å²) in [7, 11) is 1.80. The standard InChI is InChI=1S/C18H17N5O2/c1-22-14-7-2-3-8-15(14)23(11-9-17(22)24)12-16-20-18(21-25-16)13-6-4-5-10-19-13/h2-8,10H,9,11-12H2,1H3. The van der Waals surface area contributed by atoms with E-state index in [1.807, 2.05) is 42.5 Å². The fraction of sp³-hybridized carbons (Fsp3) is 0.222. The number of benzene rings is 1. The fourth-order valence-electron chi connectivity index (χ4n) is 2.91.